The molecule has 174 valence electrons. The van der Waals surface area contributed by atoms with Gasteiger partial charge in [0.2, 0.25) is 5.91 Å². The second-order valence-corrected chi connectivity index (χ2v) is 9.00. The number of fused-ring (bicyclic) bond motifs is 1. The Bertz CT molecular complexity index is 1220. The molecular weight excluding hydrogens is 466 g/mol. The van der Waals surface area contributed by atoms with E-state index in [0.29, 0.717) is 21.4 Å². The van der Waals surface area contributed by atoms with E-state index in [1.54, 1.807) is 31.9 Å². The first-order chi connectivity index (χ1) is 15.9. The molecule has 3 rings (SSSR count). The van der Waals surface area contributed by atoms with Crippen LogP contribution in [0.2, 0.25) is 0 Å². The Labute approximate surface area is 198 Å². The molecule has 0 bridgehead atoms. The molecule has 0 saturated heterocycles. The van der Waals surface area contributed by atoms with Crippen molar-refractivity contribution in [2.45, 2.75) is 31.2 Å². The Balaban J connectivity index is 1.74. The zero-order chi connectivity index (χ0) is 23.8. The highest BCUT2D eigenvalue weighted by Crippen LogP contribution is 2.24. The Hall–Kier alpha value is -3.18. The molecule has 0 fully saturated rings. The maximum atomic E-state index is 12.5. The lowest BCUT2D eigenvalue weighted by molar-refractivity contribution is -0.384. The Morgan fingerprint density at radius 1 is 1.21 bits per heavy atom. The summed E-state index contributed by atoms with van der Waals surface area (Å²) >= 11 is 2.84. The van der Waals surface area contributed by atoms with Gasteiger partial charge < -0.3 is 14.0 Å². The molecule has 0 spiro atoms. The summed E-state index contributed by atoms with van der Waals surface area (Å²) in [6.45, 7) is 1.71. The zero-order valence-electron chi connectivity index (χ0n) is 18.2. The number of carbonyl (C=O) groups excluding carboxylic acids is 2. The minimum Gasteiger partial charge on any atom is -0.497 e. The molecule has 9 nitrogen and oxygen atoms in total. The fourth-order valence-electron chi connectivity index (χ4n) is 2.99. The number of aromatic nitrogens is 1. The zero-order valence-corrected chi connectivity index (χ0v) is 19.8. The third-order valence-electron chi connectivity index (χ3n) is 4.55. The van der Waals surface area contributed by atoms with Crippen LogP contribution in [0.5, 0.6) is 5.75 Å². The van der Waals surface area contributed by atoms with Crippen LogP contribution in [-0.4, -0.2) is 40.8 Å². The van der Waals surface area contributed by atoms with Crippen molar-refractivity contribution < 1.29 is 24.0 Å². The first-order valence-corrected chi connectivity index (χ1v) is 12.0. The molecule has 0 radical (unpaired) electrons. The van der Waals surface area contributed by atoms with E-state index < -0.39 is 10.9 Å². The van der Waals surface area contributed by atoms with Crippen LogP contribution in [0, 0.1) is 10.1 Å². The summed E-state index contributed by atoms with van der Waals surface area (Å²) in [5.74, 6) is 0.713. The van der Waals surface area contributed by atoms with Gasteiger partial charge in [-0.15, -0.1) is 11.8 Å². The molecule has 2 aromatic carbocycles. The van der Waals surface area contributed by atoms with E-state index in [1.165, 1.54) is 28.0 Å². The lowest BCUT2D eigenvalue weighted by atomic mass is 10.3. The van der Waals surface area contributed by atoms with E-state index in [1.807, 2.05) is 24.3 Å². The third kappa shape index (κ3) is 6.65. The summed E-state index contributed by atoms with van der Waals surface area (Å²) in [6, 6.07) is 12.0. The van der Waals surface area contributed by atoms with Crippen molar-refractivity contribution in [2.75, 3.05) is 19.5 Å². The number of hydrogen-bond donors (Lipinski definition) is 0. The van der Waals surface area contributed by atoms with Crippen molar-refractivity contribution in [2.24, 2.45) is 4.99 Å². The van der Waals surface area contributed by atoms with Gasteiger partial charge in [-0.05, 0) is 49.4 Å². The summed E-state index contributed by atoms with van der Waals surface area (Å²) in [5.41, 5.74) is 0.357. The van der Waals surface area contributed by atoms with E-state index in [-0.39, 0.29) is 31.2 Å². The molecule has 1 amide bonds. The van der Waals surface area contributed by atoms with Crippen LogP contribution in [0.3, 0.4) is 0 Å². The normalized spacial score (nSPS) is 11.5. The molecule has 0 aliphatic rings. The standard InChI is InChI=1S/C22H23N3O6S2/c1-3-31-21(27)14-24-18-13-15(25(28)29)6-11-19(18)33-22(24)23-20(26)5-4-12-32-17-9-7-16(30-2)8-10-17/h6-11,13H,3-5,12,14H2,1-2H3. The Morgan fingerprint density at radius 3 is 2.64 bits per heavy atom. The molecule has 11 heteroatoms. The molecule has 1 aromatic heterocycles. The minimum atomic E-state index is -0.506. The van der Waals surface area contributed by atoms with Crippen LogP contribution in [0.15, 0.2) is 52.4 Å². The van der Waals surface area contributed by atoms with Gasteiger partial charge in [-0.1, -0.05) is 11.3 Å². The van der Waals surface area contributed by atoms with Gasteiger partial charge >= 0.3 is 5.97 Å². The second-order valence-electron chi connectivity index (χ2n) is 6.82. The van der Waals surface area contributed by atoms with E-state index >= 15 is 0 Å². The number of methoxy groups -OCH3 is 1. The summed E-state index contributed by atoms with van der Waals surface area (Å²) in [5, 5.41) is 11.2. The molecule has 3 aromatic rings. The molecule has 1 heterocycles. The summed E-state index contributed by atoms with van der Waals surface area (Å²) in [6.07, 6.45) is 0.879. The van der Waals surface area contributed by atoms with Crippen LogP contribution in [-0.2, 0) is 20.9 Å². The maximum Gasteiger partial charge on any atom is 0.326 e. The molecular formula is C22H23N3O6S2. The highest BCUT2D eigenvalue weighted by molar-refractivity contribution is 7.99. The summed E-state index contributed by atoms with van der Waals surface area (Å²) in [4.78, 5) is 40.8. The fraction of sp³-hybridized carbons (Fsp3) is 0.318. The average Bonchev–Trinajstić information content (AvgIpc) is 3.13. The van der Waals surface area contributed by atoms with Crippen LogP contribution < -0.4 is 9.54 Å². The van der Waals surface area contributed by atoms with Crippen LogP contribution in [0.1, 0.15) is 19.8 Å². The first kappa shape index (κ1) is 24.5. The number of nitro groups is 1. The third-order valence-corrected chi connectivity index (χ3v) is 6.71. The molecule has 33 heavy (non-hydrogen) atoms. The Kier molecular flexibility index (Phi) is 8.61. The lowest BCUT2D eigenvalue weighted by Gasteiger charge is -2.05. The monoisotopic (exact) mass is 489 g/mol. The number of benzene rings is 2. The highest BCUT2D eigenvalue weighted by atomic mass is 32.2. The van der Waals surface area contributed by atoms with E-state index in [0.717, 1.165) is 16.4 Å². The van der Waals surface area contributed by atoms with Gasteiger partial charge in [-0.25, -0.2) is 0 Å². The summed E-state index contributed by atoms with van der Waals surface area (Å²) in [7, 11) is 1.62. The quantitative estimate of drug-likeness (QED) is 0.138. The van der Waals surface area contributed by atoms with Crippen molar-refractivity contribution in [3.05, 3.63) is 57.4 Å². The smallest absolute Gasteiger partial charge is 0.326 e. The molecule has 0 unspecified atom stereocenters. The summed E-state index contributed by atoms with van der Waals surface area (Å²) < 4.78 is 12.3. The Morgan fingerprint density at radius 2 is 1.97 bits per heavy atom. The second kappa shape index (κ2) is 11.6. The molecule has 0 atom stereocenters. The van der Waals surface area contributed by atoms with Crippen molar-refractivity contribution in [1.82, 2.24) is 4.57 Å². The number of rotatable bonds is 10. The van der Waals surface area contributed by atoms with Gasteiger partial charge in [-0.2, -0.15) is 4.99 Å². The molecule has 0 saturated carbocycles. The van der Waals surface area contributed by atoms with Crippen molar-refractivity contribution >= 4 is 50.9 Å². The highest BCUT2D eigenvalue weighted by Gasteiger charge is 2.15. The van der Waals surface area contributed by atoms with Gasteiger partial charge in [0.15, 0.2) is 4.80 Å². The van der Waals surface area contributed by atoms with Crippen molar-refractivity contribution in [1.29, 1.82) is 0 Å². The number of thiazole rings is 1. The van der Waals surface area contributed by atoms with Crippen molar-refractivity contribution in [3.8, 4) is 5.75 Å². The van der Waals surface area contributed by atoms with E-state index in [4.69, 9.17) is 9.47 Å². The fourth-order valence-corrected chi connectivity index (χ4v) is 4.87. The lowest BCUT2D eigenvalue weighted by Crippen LogP contribution is -2.23. The molecule has 0 aliphatic heterocycles. The first-order valence-electron chi connectivity index (χ1n) is 10.2. The van der Waals surface area contributed by atoms with Gasteiger partial charge in [0.25, 0.3) is 5.69 Å². The number of non-ortho nitro benzene ring substituents is 1. The number of esters is 1. The molecule has 0 aliphatic carbocycles. The van der Waals surface area contributed by atoms with Crippen LogP contribution in [0.25, 0.3) is 10.2 Å². The van der Waals surface area contributed by atoms with Gasteiger partial charge in [0, 0.05) is 23.4 Å². The average molecular weight is 490 g/mol. The van der Waals surface area contributed by atoms with Gasteiger partial charge in [0.1, 0.15) is 12.3 Å². The van der Waals surface area contributed by atoms with Crippen molar-refractivity contribution in [3.63, 3.8) is 0 Å². The predicted octanol–water partition coefficient (Wildman–Crippen LogP) is 4.18. The SMILES string of the molecule is CCOC(=O)Cn1c(=NC(=O)CCCSc2ccc(OC)cc2)sc2ccc([N+](=O)[O-])cc21. The molecule has 0 N–H and O–H groups in total. The number of ether oxygens (including phenoxy) is 2. The van der Waals surface area contributed by atoms with Gasteiger partial charge in [0.05, 0.1) is 28.9 Å². The van der Waals surface area contributed by atoms with E-state index in [9.17, 15) is 19.7 Å². The van der Waals surface area contributed by atoms with Gasteiger partial charge in [-0.3, -0.25) is 19.7 Å². The predicted molar refractivity (Wildman–Crippen MR) is 127 cm³/mol. The number of carbonyl (C=O) groups is 2. The van der Waals surface area contributed by atoms with E-state index in [2.05, 4.69) is 4.99 Å². The van der Waals surface area contributed by atoms with Crippen LogP contribution >= 0.6 is 23.1 Å². The largest absolute Gasteiger partial charge is 0.497 e. The number of nitrogens with zero attached hydrogens (tertiary/aromatic N) is 3. The minimum absolute atomic E-state index is 0.105. The number of thioether (sulfide) groups is 1. The van der Waals surface area contributed by atoms with Crippen LogP contribution in [0.4, 0.5) is 5.69 Å². The maximum absolute atomic E-state index is 12.5. The topological polar surface area (TPSA) is 113 Å². The number of hydrogen-bond acceptors (Lipinski definition) is 8. The number of nitro benzene ring substituents is 1. The number of amides is 1.